The highest BCUT2D eigenvalue weighted by Gasteiger charge is 2.53. The summed E-state index contributed by atoms with van der Waals surface area (Å²) in [6.07, 6.45) is 14.1. The average molecular weight is 667 g/mol. The molecule has 2 aliphatic heterocycles. The number of benzene rings is 2. The van der Waals surface area contributed by atoms with Gasteiger partial charge in [0.2, 0.25) is 0 Å². The van der Waals surface area contributed by atoms with Gasteiger partial charge in [-0.05, 0) is 137 Å². The second-order valence-electron chi connectivity index (χ2n) is 18.0. The van der Waals surface area contributed by atoms with Gasteiger partial charge in [0.15, 0.2) is 12.6 Å². The monoisotopic (exact) mass is 666 g/mol. The fraction of sp³-hybridized carbons (Fsp3) is 0.659. The second-order valence-corrected chi connectivity index (χ2v) is 18.0. The van der Waals surface area contributed by atoms with Crippen LogP contribution in [0.15, 0.2) is 48.5 Å². The van der Waals surface area contributed by atoms with Crippen molar-refractivity contribution in [1.29, 1.82) is 0 Å². The van der Waals surface area contributed by atoms with Gasteiger partial charge in [-0.3, -0.25) is 9.59 Å². The Morgan fingerprint density at radius 2 is 0.755 bits per heavy atom. The van der Waals surface area contributed by atoms with E-state index < -0.39 is 12.6 Å². The molecule has 49 heavy (non-hydrogen) atoms. The molecule has 8 nitrogen and oxygen atoms in total. The summed E-state index contributed by atoms with van der Waals surface area (Å²) in [6, 6.07) is 15.4. The van der Waals surface area contributed by atoms with Crippen LogP contribution in [0.5, 0.6) is 0 Å². The molecule has 0 aromatic heterocycles. The van der Waals surface area contributed by atoms with Crippen molar-refractivity contribution in [2.45, 2.75) is 101 Å². The van der Waals surface area contributed by atoms with Crippen molar-refractivity contribution in [2.75, 3.05) is 26.4 Å². The summed E-state index contributed by atoms with van der Waals surface area (Å²) in [6.45, 7) is 1.84. The molecule has 0 unspecified atom stereocenters. The Kier molecular flexibility index (Phi) is 7.35. The molecule has 10 fully saturated rings. The van der Waals surface area contributed by atoms with E-state index in [2.05, 4.69) is 10.6 Å². The highest BCUT2D eigenvalue weighted by atomic mass is 16.7. The van der Waals surface area contributed by atoms with Crippen molar-refractivity contribution in [3.63, 3.8) is 0 Å². The van der Waals surface area contributed by atoms with Crippen molar-refractivity contribution in [1.82, 2.24) is 10.6 Å². The lowest BCUT2D eigenvalue weighted by Gasteiger charge is -2.56. The summed E-state index contributed by atoms with van der Waals surface area (Å²) < 4.78 is 24.8. The molecular formula is C41H50N2O6. The number of ether oxygens (including phenoxy) is 4. The van der Waals surface area contributed by atoms with Gasteiger partial charge in [0.1, 0.15) is 0 Å². The van der Waals surface area contributed by atoms with Crippen molar-refractivity contribution < 1.29 is 28.5 Å². The number of hydrogen-bond donors (Lipinski definition) is 2. The first-order chi connectivity index (χ1) is 23.8. The Morgan fingerprint density at radius 1 is 0.469 bits per heavy atom. The first-order valence-electron chi connectivity index (χ1n) is 19.1. The molecule has 2 amide bonds. The van der Waals surface area contributed by atoms with Crippen LogP contribution in [-0.2, 0) is 18.9 Å². The fourth-order valence-corrected chi connectivity index (χ4v) is 12.5. The smallest absolute Gasteiger partial charge is 0.251 e. The lowest BCUT2D eigenvalue weighted by Crippen LogP contribution is -2.59. The van der Waals surface area contributed by atoms with Gasteiger partial charge >= 0.3 is 0 Å². The zero-order valence-electron chi connectivity index (χ0n) is 28.5. The molecule has 8 heteroatoms. The van der Waals surface area contributed by atoms with Crippen LogP contribution < -0.4 is 10.6 Å². The van der Waals surface area contributed by atoms with Crippen molar-refractivity contribution >= 4 is 11.8 Å². The molecule has 2 N–H and O–H groups in total. The van der Waals surface area contributed by atoms with Gasteiger partial charge in [0, 0.05) is 33.3 Å². The van der Waals surface area contributed by atoms with Gasteiger partial charge < -0.3 is 29.6 Å². The summed E-state index contributed by atoms with van der Waals surface area (Å²) in [4.78, 5) is 26.6. The minimum atomic E-state index is -0.485. The standard InChI is InChI=1S/C41H50N2O6/c44-35(42-40-15-25-9-26(16-40)11-27(10-25)17-40)31-1-5-33(6-2-31)37-46-21-39(22-47-37)23-48-38(49-24-39)34-7-3-32(4-8-34)36(45)43-41-18-28-12-29(19-41)14-30(13-28)20-41/h1-8,25-30,37-38H,9-24H2,(H,42,44)(H,43,45). The van der Waals surface area contributed by atoms with Gasteiger partial charge in [-0.15, -0.1) is 0 Å². The highest BCUT2D eigenvalue weighted by Crippen LogP contribution is 2.57. The van der Waals surface area contributed by atoms with Crippen molar-refractivity contribution in [3.05, 3.63) is 70.8 Å². The first kappa shape index (κ1) is 31.0. The van der Waals surface area contributed by atoms with Gasteiger partial charge in [-0.25, -0.2) is 0 Å². The third-order valence-corrected chi connectivity index (χ3v) is 13.9. The minimum Gasteiger partial charge on any atom is -0.348 e. The van der Waals surface area contributed by atoms with E-state index in [9.17, 15) is 9.59 Å². The Labute approximate surface area is 289 Å². The molecular weight excluding hydrogens is 616 g/mol. The Bertz CT molecular complexity index is 1390. The predicted molar refractivity (Wildman–Crippen MR) is 181 cm³/mol. The van der Waals surface area contributed by atoms with Gasteiger partial charge in [0.05, 0.1) is 31.8 Å². The molecule has 0 radical (unpaired) electrons. The van der Waals surface area contributed by atoms with Gasteiger partial charge in [-0.1, -0.05) is 24.3 Å². The first-order valence-corrected chi connectivity index (χ1v) is 19.1. The second kappa shape index (κ2) is 11.6. The number of carbonyl (C=O) groups is 2. The van der Waals surface area contributed by atoms with Crippen LogP contribution in [0.4, 0.5) is 0 Å². The molecule has 2 aromatic carbocycles. The van der Waals surface area contributed by atoms with E-state index in [0.717, 1.165) is 85.2 Å². The van der Waals surface area contributed by atoms with E-state index in [0.29, 0.717) is 37.6 Å². The number of hydrogen-bond acceptors (Lipinski definition) is 6. The molecule has 8 bridgehead atoms. The Hall–Kier alpha value is -2.78. The van der Waals surface area contributed by atoms with Crippen molar-refractivity contribution in [2.24, 2.45) is 40.9 Å². The van der Waals surface area contributed by atoms with Crippen LogP contribution >= 0.6 is 0 Å². The summed E-state index contributed by atoms with van der Waals surface area (Å²) in [5.74, 6) is 4.86. The third-order valence-electron chi connectivity index (χ3n) is 13.9. The highest BCUT2D eigenvalue weighted by molar-refractivity contribution is 5.95. The molecule has 12 rings (SSSR count). The fourth-order valence-electron chi connectivity index (χ4n) is 12.5. The normalized spacial score (nSPS) is 43.1. The average Bonchev–Trinajstić information content (AvgIpc) is 3.08. The maximum Gasteiger partial charge on any atom is 0.251 e. The van der Waals surface area contributed by atoms with E-state index in [1.807, 2.05) is 48.5 Å². The van der Waals surface area contributed by atoms with E-state index >= 15 is 0 Å². The predicted octanol–water partition coefficient (Wildman–Crippen LogP) is 6.86. The summed E-state index contributed by atoms with van der Waals surface area (Å²) in [5.41, 5.74) is 2.85. The molecule has 8 saturated carbocycles. The summed E-state index contributed by atoms with van der Waals surface area (Å²) in [7, 11) is 0. The number of amides is 2. The van der Waals surface area contributed by atoms with E-state index in [-0.39, 0.29) is 28.3 Å². The Balaban J connectivity index is 0.707. The molecule has 10 aliphatic rings. The molecule has 1 spiro atoms. The van der Waals surface area contributed by atoms with Crippen LogP contribution in [0.3, 0.4) is 0 Å². The number of carbonyl (C=O) groups excluding carboxylic acids is 2. The molecule has 2 heterocycles. The quantitative estimate of drug-likeness (QED) is 0.350. The van der Waals surface area contributed by atoms with Gasteiger partial charge in [0.25, 0.3) is 11.8 Å². The van der Waals surface area contributed by atoms with Crippen LogP contribution in [0.1, 0.15) is 121 Å². The minimum absolute atomic E-state index is 0.00492. The van der Waals surface area contributed by atoms with Crippen LogP contribution in [0.2, 0.25) is 0 Å². The van der Waals surface area contributed by atoms with Gasteiger partial charge in [-0.2, -0.15) is 0 Å². The lowest BCUT2D eigenvalue weighted by molar-refractivity contribution is -0.307. The number of rotatable bonds is 6. The van der Waals surface area contributed by atoms with Crippen LogP contribution in [-0.4, -0.2) is 49.3 Å². The van der Waals surface area contributed by atoms with Crippen molar-refractivity contribution in [3.8, 4) is 0 Å². The molecule has 2 saturated heterocycles. The zero-order valence-corrected chi connectivity index (χ0v) is 28.5. The zero-order chi connectivity index (χ0) is 32.8. The molecule has 0 atom stereocenters. The van der Waals surface area contributed by atoms with E-state index in [1.54, 1.807) is 0 Å². The Morgan fingerprint density at radius 3 is 1.04 bits per heavy atom. The van der Waals surface area contributed by atoms with E-state index in [4.69, 9.17) is 18.9 Å². The maximum atomic E-state index is 13.3. The summed E-state index contributed by atoms with van der Waals surface area (Å²) in [5, 5.41) is 6.96. The van der Waals surface area contributed by atoms with E-state index in [1.165, 1.54) is 38.5 Å². The topological polar surface area (TPSA) is 95.1 Å². The number of nitrogens with one attached hydrogen (secondary N) is 2. The molecule has 2 aromatic rings. The van der Waals surface area contributed by atoms with Crippen LogP contribution in [0, 0.1) is 40.9 Å². The SMILES string of the molecule is O=C(NC12CC3CC(CC(C3)C1)C2)c1ccc(C2OCC3(CO2)COC(c2ccc(C(=O)NC45CC6CC(CC(C6)C4)C5)cc2)OC3)cc1. The maximum absolute atomic E-state index is 13.3. The van der Waals surface area contributed by atoms with Crippen LogP contribution in [0.25, 0.3) is 0 Å². The molecule has 260 valence electrons. The largest absolute Gasteiger partial charge is 0.348 e. The third kappa shape index (κ3) is 5.75. The lowest BCUT2D eigenvalue weighted by atomic mass is 9.53. The summed E-state index contributed by atoms with van der Waals surface area (Å²) >= 11 is 0. The molecule has 8 aliphatic carbocycles.